The third-order valence-corrected chi connectivity index (χ3v) is 4.93. The summed E-state index contributed by atoms with van der Waals surface area (Å²) in [4.78, 5) is 11.4. The predicted molar refractivity (Wildman–Crippen MR) is 78.9 cm³/mol. The number of rotatable bonds is 4. The molecule has 0 heterocycles. The van der Waals surface area contributed by atoms with Crippen LogP contribution in [0.5, 0.6) is 0 Å². The first-order chi connectivity index (χ1) is 8.70. The molecule has 0 aliphatic rings. The summed E-state index contributed by atoms with van der Waals surface area (Å²) in [6.45, 7) is 3.45. The molecule has 0 spiro atoms. The zero-order valence-electron chi connectivity index (χ0n) is 10.4. The first-order valence-corrected chi connectivity index (χ1v) is 7.97. The Morgan fingerprint density at radius 1 is 1.37 bits per heavy atom. The number of alkyl halides is 3. The van der Waals surface area contributed by atoms with Crippen LogP contribution < -0.4 is 0 Å². The van der Waals surface area contributed by atoms with Crippen molar-refractivity contribution in [3.05, 3.63) is 28.8 Å². The van der Waals surface area contributed by atoms with Gasteiger partial charge in [0.25, 0.3) is 0 Å². The van der Waals surface area contributed by atoms with E-state index >= 15 is 0 Å². The lowest BCUT2D eigenvalue weighted by Gasteiger charge is -2.19. The highest BCUT2D eigenvalue weighted by Crippen LogP contribution is 2.42. The normalized spacial score (nSPS) is 13.3. The molecule has 0 bridgehead atoms. The Kier molecular flexibility index (Phi) is 5.68. The Morgan fingerprint density at radius 2 is 1.95 bits per heavy atom. The molecule has 1 rings (SSSR count). The second-order valence-corrected chi connectivity index (χ2v) is 7.76. The minimum Gasteiger partial charge on any atom is -0.478 e. The third-order valence-electron chi connectivity index (χ3n) is 2.56. The monoisotopic (exact) mass is 342 g/mol. The minimum absolute atomic E-state index is 0.0671. The summed E-state index contributed by atoms with van der Waals surface area (Å²) in [7, 11) is -1.40. The zero-order valence-corrected chi connectivity index (χ0v) is 13.5. The van der Waals surface area contributed by atoms with Crippen LogP contribution >= 0.6 is 34.8 Å². The number of carboxylic acids is 1. The SMILES string of the molecule is CCC[S@](=O)c1c(C(Cl)(Cl)Cl)ccc(C(=O)O)c1C. The first kappa shape index (κ1) is 16.8. The quantitative estimate of drug-likeness (QED) is 0.840. The van der Waals surface area contributed by atoms with Crippen molar-refractivity contribution in [2.24, 2.45) is 0 Å². The van der Waals surface area contributed by atoms with Gasteiger partial charge in [0, 0.05) is 11.3 Å². The van der Waals surface area contributed by atoms with Gasteiger partial charge in [0.1, 0.15) is 0 Å². The summed E-state index contributed by atoms with van der Waals surface area (Å²) < 4.78 is 10.5. The lowest BCUT2D eigenvalue weighted by Crippen LogP contribution is -2.13. The van der Waals surface area contributed by atoms with E-state index in [1.165, 1.54) is 12.1 Å². The predicted octanol–water partition coefficient (Wildman–Crippen LogP) is 4.04. The molecule has 0 fully saturated rings. The van der Waals surface area contributed by atoms with Crippen LogP contribution in [0, 0.1) is 6.92 Å². The maximum atomic E-state index is 12.3. The first-order valence-electron chi connectivity index (χ1n) is 5.52. The summed E-state index contributed by atoms with van der Waals surface area (Å²) in [5.41, 5.74) is 0.715. The van der Waals surface area contributed by atoms with Crippen molar-refractivity contribution in [1.82, 2.24) is 0 Å². The van der Waals surface area contributed by atoms with Gasteiger partial charge in [-0.3, -0.25) is 4.21 Å². The van der Waals surface area contributed by atoms with Crippen LogP contribution in [0.25, 0.3) is 0 Å². The van der Waals surface area contributed by atoms with E-state index in [0.29, 0.717) is 22.6 Å². The van der Waals surface area contributed by atoms with E-state index < -0.39 is 20.6 Å². The Morgan fingerprint density at radius 3 is 2.37 bits per heavy atom. The van der Waals surface area contributed by atoms with Crippen LogP contribution in [0.4, 0.5) is 0 Å². The van der Waals surface area contributed by atoms with Gasteiger partial charge in [-0.2, -0.15) is 0 Å². The van der Waals surface area contributed by atoms with E-state index in [0.717, 1.165) is 0 Å². The smallest absolute Gasteiger partial charge is 0.335 e. The molecule has 1 atom stereocenters. The summed E-state index contributed by atoms with van der Waals surface area (Å²) in [5, 5.41) is 9.10. The Hall–Kier alpha value is -0.290. The molecule has 106 valence electrons. The van der Waals surface area contributed by atoms with E-state index in [1.54, 1.807) is 6.92 Å². The van der Waals surface area contributed by atoms with Gasteiger partial charge < -0.3 is 5.11 Å². The molecule has 0 unspecified atom stereocenters. The highest BCUT2D eigenvalue weighted by molar-refractivity contribution is 7.85. The van der Waals surface area contributed by atoms with E-state index in [1.807, 2.05) is 6.92 Å². The fourth-order valence-electron chi connectivity index (χ4n) is 1.73. The topological polar surface area (TPSA) is 54.4 Å². The third kappa shape index (κ3) is 3.85. The largest absolute Gasteiger partial charge is 0.478 e. The highest BCUT2D eigenvalue weighted by atomic mass is 35.6. The van der Waals surface area contributed by atoms with E-state index in [-0.39, 0.29) is 11.1 Å². The molecular formula is C12H13Cl3O3S. The van der Waals surface area contributed by atoms with Gasteiger partial charge >= 0.3 is 5.97 Å². The van der Waals surface area contributed by atoms with Gasteiger partial charge in [0.2, 0.25) is 3.79 Å². The Labute approximate surface area is 129 Å². The van der Waals surface area contributed by atoms with Crippen molar-refractivity contribution in [3.63, 3.8) is 0 Å². The second-order valence-electron chi connectivity index (χ2n) is 3.97. The molecule has 0 amide bonds. The molecule has 0 aliphatic heterocycles. The van der Waals surface area contributed by atoms with Gasteiger partial charge in [0.15, 0.2) is 0 Å². The average Bonchev–Trinajstić information content (AvgIpc) is 2.26. The molecule has 3 nitrogen and oxygen atoms in total. The van der Waals surface area contributed by atoms with Gasteiger partial charge in [-0.25, -0.2) is 4.79 Å². The molecule has 0 aromatic heterocycles. The number of hydrogen-bond donors (Lipinski definition) is 1. The summed E-state index contributed by atoms with van der Waals surface area (Å²) in [5.74, 6) is -0.708. The fraction of sp³-hybridized carbons (Fsp3) is 0.417. The lowest BCUT2D eigenvalue weighted by atomic mass is 10.1. The second kappa shape index (κ2) is 6.44. The minimum atomic E-state index is -1.74. The summed E-state index contributed by atoms with van der Waals surface area (Å²) in [6, 6.07) is 2.77. The Balaban J connectivity index is 3.55. The van der Waals surface area contributed by atoms with Crippen molar-refractivity contribution in [2.75, 3.05) is 5.75 Å². The standard InChI is InChI=1S/C12H13Cl3O3S/c1-3-6-19(18)10-7(2)8(11(16)17)4-5-9(10)12(13,14)15/h4-5H,3,6H2,1-2H3,(H,16,17)/t19-/m0/s1. The Bertz CT molecular complexity index is 524. The summed E-state index contributed by atoms with van der Waals surface area (Å²) in [6.07, 6.45) is 0.683. The van der Waals surface area contributed by atoms with Crippen LogP contribution in [-0.2, 0) is 14.6 Å². The number of aromatic carboxylic acids is 1. The highest BCUT2D eigenvalue weighted by Gasteiger charge is 2.30. The fourth-order valence-corrected chi connectivity index (χ4v) is 3.86. The van der Waals surface area contributed by atoms with Crippen molar-refractivity contribution in [1.29, 1.82) is 0 Å². The van der Waals surface area contributed by atoms with Gasteiger partial charge in [-0.05, 0) is 25.0 Å². The number of carboxylic acid groups (broad SMARTS) is 1. The molecule has 1 N–H and O–H groups in total. The molecule has 0 saturated carbocycles. The van der Waals surface area contributed by atoms with Crippen molar-refractivity contribution >= 4 is 51.6 Å². The number of benzene rings is 1. The van der Waals surface area contributed by atoms with Gasteiger partial charge in [-0.1, -0.05) is 47.8 Å². The van der Waals surface area contributed by atoms with E-state index in [2.05, 4.69) is 0 Å². The van der Waals surface area contributed by atoms with Crippen LogP contribution in [0.1, 0.15) is 34.8 Å². The number of halogens is 3. The van der Waals surface area contributed by atoms with Gasteiger partial charge in [-0.15, -0.1) is 0 Å². The van der Waals surface area contributed by atoms with E-state index in [4.69, 9.17) is 39.9 Å². The van der Waals surface area contributed by atoms with Crippen LogP contribution in [0.3, 0.4) is 0 Å². The molecular weight excluding hydrogens is 331 g/mol. The van der Waals surface area contributed by atoms with E-state index in [9.17, 15) is 9.00 Å². The van der Waals surface area contributed by atoms with Crippen molar-refractivity contribution in [2.45, 2.75) is 29.0 Å². The van der Waals surface area contributed by atoms with Crippen molar-refractivity contribution in [3.8, 4) is 0 Å². The average molecular weight is 344 g/mol. The number of carbonyl (C=O) groups is 1. The molecule has 1 aromatic carbocycles. The van der Waals surface area contributed by atoms with Crippen LogP contribution in [0.2, 0.25) is 0 Å². The summed E-state index contributed by atoms with van der Waals surface area (Å²) >= 11 is 17.6. The lowest BCUT2D eigenvalue weighted by molar-refractivity contribution is 0.0696. The molecule has 7 heteroatoms. The van der Waals surface area contributed by atoms with Crippen molar-refractivity contribution < 1.29 is 14.1 Å². The molecule has 0 aliphatic carbocycles. The van der Waals surface area contributed by atoms with Gasteiger partial charge in [0.05, 0.1) is 21.3 Å². The zero-order chi connectivity index (χ0) is 14.8. The molecule has 1 aromatic rings. The molecule has 0 saturated heterocycles. The molecule has 0 radical (unpaired) electrons. The maximum Gasteiger partial charge on any atom is 0.335 e. The number of hydrogen-bond acceptors (Lipinski definition) is 2. The maximum absolute atomic E-state index is 12.3. The van der Waals surface area contributed by atoms with Crippen LogP contribution in [-0.4, -0.2) is 21.0 Å². The molecule has 19 heavy (non-hydrogen) atoms. The van der Waals surface area contributed by atoms with Crippen LogP contribution in [0.15, 0.2) is 17.0 Å².